The molecule has 0 unspecified atom stereocenters. The lowest BCUT2D eigenvalue weighted by Gasteiger charge is -2.19. The average molecular weight is 318 g/mol. The van der Waals surface area contributed by atoms with Gasteiger partial charge in [-0.3, -0.25) is 0 Å². The fourth-order valence-corrected chi connectivity index (χ4v) is 2.97. The Morgan fingerprint density at radius 1 is 1.27 bits per heavy atom. The lowest BCUT2D eigenvalue weighted by molar-refractivity contribution is 0.195. The summed E-state index contributed by atoms with van der Waals surface area (Å²) in [7, 11) is 1.61. The SMILES string of the molecule is CCc1ccc([C@H](NC(=O)NCCOC)c2cccs2)cc1. The molecule has 1 heterocycles. The summed E-state index contributed by atoms with van der Waals surface area (Å²) in [6, 6.07) is 12.1. The van der Waals surface area contributed by atoms with E-state index in [2.05, 4.69) is 41.8 Å². The van der Waals surface area contributed by atoms with E-state index in [0.717, 1.165) is 16.9 Å². The van der Waals surface area contributed by atoms with E-state index in [4.69, 9.17) is 4.74 Å². The maximum absolute atomic E-state index is 12.0. The van der Waals surface area contributed by atoms with Crippen LogP contribution in [0.5, 0.6) is 0 Å². The monoisotopic (exact) mass is 318 g/mol. The van der Waals surface area contributed by atoms with E-state index in [-0.39, 0.29) is 12.1 Å². The quantitative estimate of drug-likeness (QED) is 0.769. The first-order valence-corrected chi connectivity index (χ1v) is 8.28. The molecule has 2 rings (SSSR count). The topological polar surface area (TPSA) is 50.4 Å². The summed E-state index contributed by atoms with van der Waals surface area (Å²) >= 11 is 1.64. The molecule has 5 heteroatoms. The van der Waals surface area contributed by atoms with E-state index in [0.29, 0.717) is 13.2 Å². The standard InChI is InChI=1S/C17H22N2O2S/c1-3-13-6-8-14(9-7-13)16(15-5-4-12-22-15)19-17(20)18-10-11-21-2/h4-9,12,16H,3,10-11H2,1-2H3,(H2,18,19,20)/t16-/m0/s1. The van der Waals surface area contributed by atoms with Crippen molar-refractivity contribution < 1.29 is 9.53 Å². The van der Waals surface area contributed by atoms with Gasteiger partial charge in [0.15, 0.2) is 0 Å². The molecule has 1 aromatic heterocycles. The van der Waals surface area contributed by atoms with Crippen LogP contribution in [0, 0.1) is 0 Å². The van der Waals surface area contributed by atoms with Crippen molar-refractivity contribution in [3.8, 4) is 0 Å². The van der Waals surface area contributed by atoms with E-state index in [1.807, 2.05) is 17.5 Å². The molecule has 0 saturated heterocycles. The minimum absolute atomic E-state index is 0.131. The van der Waals surface area contributed by atoms with Crippen molar-refractivity contribution in [3.05, 3.63) is 57.8 Å². The molecular weight excluding hydrogens is 296 g/mol. The number of urea groups is 1. The number of hydrogen-bond acceptors (Lipinski definition) is 3. The highest BCUT2D eigenvalue weighted by Gasteiger charge is 2.17. The number of carbonyl (C=O) groups excluding carboxylic acids is 1. The van der Waals surface area contributed by atoms with Crippen LogP contribution >= 0.6 is 11.3 Å². The van der Waals surface area contributed by atoms with Crippen molar-refractivity contribution >= 4 is 17.4 Å². The number of thiophene rings is 1. The second-order valence-electron chi connectivity index (χ2n) is 4.94. The van der Waals surface area contributed by atoms with Gasteiger partial charge in [0.05, 0.1) is 12.6 Å². The van der Waals surface area contributed by atoms with Crippen molar-refractivity contribution in [3.63, 3.8) is 0 Å². The Morgan fingerprint density at radius 2 is 2.05 bits per heavy atom. The third-order valence-electron chi connectivity index (χ3n) is 3.42. The highest BCUT2D eigenvalue weighted by atomic mass is 32.1. The predicted molar refractivity (Wildman–Crippen MR) is 90.4 cm³/mol. The molecule has 0 aliphatic rings. The maximum Gasteiger partial charge on any atom is 0.315 e. The lowest BCUT2D eigenvalue weighted by Crippen LogP contribution is -2.39. The Bertz CT molecular complexity index is 567. The molecule has 4 nitrogen and oxygen atoms in total. The Balaban J connectivity index is 2.11. The van der Waals surface area contributed by atoms with Gasteiger partial charge in [-0.25, -0.2) is 4.79 Å². The van der Waals surface area contributed by atoms with Gasteiger partial charge in [0, 0.05) is 18.5 Å². The number of amides is 2. The first-order valence-electron chi connectivity index (χ1n) is 7.40. The van der Waals surface area contributed by atoms with Gasteiger partial charge in [0.1, 0.15) is 0 Å². The number of methoxy groups -OCH3 is 1. The minimum Gasteiger partial charge on any atom is -0.383 e. The highest BCUT2D eigenvalue weighted by Crippen LogP contribution is 2.26. The molecule has 1 aromatic carbocycles. The van der Waals surface area contributed by atoms with E-state index in [1.165, 1.54) is 5.56 Å². The maximum atomic E-state index is 12.0. The zero-order valence-electron chi connectivity index (χ0n) is 13.0. The minimum atomic E-state index is -0.185. The smallest absolute Gasteiger partial charge is 0.315 e. The van der Waals surface area contributed by atoms with Gasteiger partial charge in [0.25, 0.3) is 0 Å². The molecule has 22 heavy (non-hydrogen) atoms. The largest absolute Gasteiger partial charge is 0.383 e. The van der Waals surface area contributed by atoms with E-state index in [1.54, 1.807) is 18.4 Å². The van der Waals surface area contributed by atoms with Crippen LogP contribution in [0.4, 0.5) is 4.79 Å². The van der Waals surface area contributed by atoms with Crippen LogP contribution in [-0.2, 0) is 11.2 Å². The number of hydrogen-bond donors (Lipinski definition) is 2. The molecule has 0 saturated carbocycles. The number of ether oxygens (including phenoxy) is 1. The van der Waals surface area contributed by atoms with Gasteiger partial charge in [-0.1, -0.05) is 37.3 Å². The Labute approximate surface area is 135 Å². The average Bonchev–Trinajstić information content (AvgIpc) is 3.07. The van der Waals surface area contributed by atoms with Crippen LogP contribution < -0.4 is 10.6 Å². The Hall–Kier alpha value is -1.85. The van der Waals surface area contributed by atoms with Crippen molar-refractivity contribution in [1.82, 2.24) is 10.6 Å². The third kappa shape index (κ3) is 4.58. The molecule has 2 amide bonds. The normalized spacial score (nSPS) is 11.9. The van der Waals surface area contributed by atoms with Crippen LogP contribution in [0.15, 0.2) is 41.8 Å². The fraction of sp³-hybridized carbons (Fsp3) is 0.353. The first-order chi connectivity index (χ1) is 10.7. The molecular formula is C17H22N2O2S. The molecule has 0 fully saturated rings. The number of rotatable bonds is 7. The molecule has 118 valence electrons. The summed E-state index contributed by atoms with van der Waals surface area (Å²) in [6.45, 7) is 3.13. The van der Waals surface area contributed by atoms with Crippen LogP contribution in [0.2, 0.25) is 0 Å². The summed E-state index contributed by atoms with van der Waals surface area (Å²) in [5.74, 6) is 0. The second kappa shape index (κ2) is 8.56. The van der Waals surface area contributed by atoms with Crippen LogP contribution in [0.1, 0.15) is 29.0 Å². The molecule has 0 aliphatic carbocycles. The Morgan fingerprint density at radius 3 is 2.64 bits per heavy atom. The summed E-state index contributed by atoms with van der Waals surface area (Å²) in [6.07, 6.45) is 1.01. The van der Waals surface area contributed by atoms with Crippen LogP contribution in [-0.4, -0.2) is 26.3 Å². The summed E-state index contributed by atoms with van der Waals surface area (Å²) in [4.78, 5) is 13.2. The van der Waals surface area contributed by atoms with Gasteiger partial charge < -0.3 is 15.4 Å². The second-order valence-corrected chi connectivity index (χ2v) is 5.92. The summed E-state index contributed by atoms with van der Waals surface area (Å²) < 4.78 is 4.94. The van der Waals surface area contributed by atoms with E-state index >= 15 is 0 Å². The van der Waals surface area contributed by atoms with E-state index < -0.39 is 0 Å². The highest BCUT2D eigenvalue weighted by molar-refractivity contribution is 7.10. The molecule has 0 aliphatic heterocycles. The molecule has 1 atom stereocenters. The molecule has 0 radical (unpaired) electrons. The van der Waals surface area contributed by atoms with Crippen LogP contribution in [0.3, 0.4) is 0 Å². The molecule has 2 aromatic rings. The third-order valence-corrected chi connectivity index (χ3v) is 4.35. The van der Waals surface area contributed by atoms with Crippen molar-refractivity contribution in [2.24, 2.45) is 0 Å². The molecule has 0 bridgehead atoms. The van der Waals surface area contributed by atoms with Crippen LogP contribution in [0.25, 0.3) is 0 Å². The molecule has 2 N–H and O–H groups in total. The number of carbonyl (C=O) groups is 1. The van der Waals surface area contributed by atoms with Gasteiger partial charge in [-0.2, -0.15) is 0 Å². The number of aryl methyl sites for hydroxylation is 1. The molecule has 0 spiro atoms. The van der Waals surface area contributed by atoms with Gasteiger partial charge in [-0.05, 0) is 29.0 Å². The first kappa shape index (κ1) is 16.5. The van der Waals surface area contributed by atoms with Crippen molar-refractivity contribution in [1.29, 1.82) is 0 Å². The summed E-state index contributed by atoms with van der Waals surface area (Å²) in [5.41, 5.74) is 2.37. The fourth-order valence-electron chi connectivity index (χ4n) is 2.17. The van der Waals surface area contributed by atoms with Gasteiger partial charge in [0.2, 0.25) is 0 Å². The Kier molecular flexibility index (Phi) is 6.43. The van der Waals surface area contributed by atoms with Crippen molar-refractivity contribution in [2.45, 2.75) is 19.4 Å². The predicted octanol–water partition coefficient (Wildman–Crippen LogP) is 3.35. The van der Waals surface area contributed by atoms with Crippen molar-refractivity contribution in [2.75, 3.05) is 20.3 Å². The van der Waals surface area contributed by atoms with Gasteiger partial charge in [-0.15, -0.1) is 11.3 Å². The lowest BCUT2D eigenvalue weighted by atomic mass is 10.0. The zero-order valence-corrected chi connectivity index (χ0v) is 13.8. The zero-order chi connectivity index (χ0) is 15.8. The number of nitrogens with one attached hydrogen (secondary N) is 2. The van der Waals surface area contributed by atoms with E-state index in [9.17, 15) is 4.79 Å². The van der Waals surface area contributed by atoms with Gasteiger partial charge >= 0.3 is 6.03 Å². The summed E-state index contributed by atoms with van der Waals surface area (Å²) in [5, 5.41) is 7.86. The number of benzene rings is 1.